The number of benzene rings is 2. The lowest BCUT2D eigenvalue weighted by Crippen LogP contribution is -2.30. The molecule has 3 N–H and O–H groups in total. The third-order valence-electron chi connectivity index (χ3n) is 3.85. The maximum atomic E-state index is 11.5. The molecule has 0 amide bonds. The summed E-state index contributed by atoms with van der Waals surface area (Å²) in [4.78, 5) is 26.9. The fourth-order valence-electron chi connectivity index (χ4n) is 2.69. The number of rotatable bonds is 6. The van der Waals surface area contributed by atoms with Crippen molar-refractivity contribution >= 4 is 39.4 Å². The minimum absolute atomic E-state index is 0.00432. The fraction of sp³-hybridized carbons (Fsp3) is 0.167. The third-order valence-corrected chi connectivity index (χ3v) is 3.85. The Morgan fingerprint density at radius 3 is 2.00 bits per heavy atom. The van der Waals surface area contributed by atoms with Gasteiger partial charge >= 0.3 is 11.9 Å². The van der Waals surface area contributed by atoms with Gasteiger partial charge in [0.05, 0.1) is 16.7 Å². The molecule has 0 aliphatic carbocycles. The Bertz CT molecular complexity index is 869. The molecule has 0 saturated carbocycles. The summed E-state index contributed by atoms with van der Waals surface area (Å²) in [6, 6.07) is 13.9. The standard InChI is InChI=1S/C18H16N2O4/c21-16(22)10-9-15(18(23)24)20-17-11-5-1-3-7-13(11)19-14-8-4-2-6-12(14)17/h1-8,15H,9-10H2,(H,19,20)(H,21,22)(H,23,24). The van der Waals surface area contributed by atoms with Crippen LogP contribution < -0.4 is 5.32 Å². The van der Waals surface area contributed by atoms with Gasteiger partial charge in [-0.05, 0) is 18.6 Å². The van der Waals surface area contributed by atoms with Gasteiger partial charge in [-0.1, -0.05) is 36.4 Å². The Morgan fingerprint density at radius 1 is 0.958 bits per heavy atom. The highest BCUT2D eigenvalue weighted by Crippen LogP contribution is 2.31. The summed E-state index contributed by atoms with van der Waals surface area (Å²) in [6.45, 7) is 0. The van der Waals surface area contributed by atoms with Gasteiger partial charge in [-0.2, -0.15) is 0 Å². The van der Waals surface area contributed by atoms with Crippen molar-refractivity contribution in [2.75, 3.05) is 5.32 Å². The maximum absolute atomic E-state index is 11.5. The molecule has 1 aromatic heterocycles. The van der Waals surface area contributed by atoms with Crippen LogP contribution >= 0.6 is 0 Å². The van der Waals surface area contributed by atoms with Crippen LogP contribution in [0.1, 0.15) is 12.8 Å². The molecule has 1 heterocycles. The van der Waals surface area contributed by atoms with E-state index in [1.54, 1.807) is 0 Å². The van der Waals surface area contributed by atoms with Crippen LogP contribution in [0.15, 0.2) is 48.5 Å². The van der Waals surface area contributed by atoms with Crippen LogP contribution in [0.25, 0.3) is 21.8 Å². The van der Waals surface area contributed by atoms with E-state index in [1.807, 2.05) is 48.5 Å². The van der Waals surface area contributed by atoms with E-state index in [0.29, 0.717) is 5.69 Å². The number of aliphatic carboxylic acids is 2. The molecule has 0 aliphatic heterocycles. The molecular formula is C18H16N2O4. The van der Waals surface area contributed by atoms with Crippen LogP contribution in [0.5, 0.6) is 0 Å². The summed E-state index contributed by atoms with van der Waals surface area (Å²) in [7, 11) is 0. The van der Waals surface area contributed by atoms with Crippen LogP contribution in [0.4, 0.5) is 5.69 Å². The molecule has 0 fully saturated rings. The first-order chi connectivity index (χ1) is 11.6. The van der Waals surface area contributed by atoms with E-state index >= 15 is 0 Å². The first kappa shape index (κ1) is 15.7. The topological polar surface area (TPSA) is 99.5 Å². The first-order valence-electron chi connectivity index (χ1n) is 7.55. The number of carboxylic acids is 2. The van der Waals surface area contributed by atoms with Crippen molar-refractivity contribution in [1.82, 2.24) is 4.98 Å². The van der Waals surface area contributed by atoms with Crippen LogP contribution in [-0.4, -0.2) is 33.2 Å². The van der Waals surface area contributed by atoms with E-state index in [9.17, 15) is 14.7 Å². The molecule has 122 valence electrons. The molecule has 3 rings (SSSR count). The van der Waals surface area contributed by atoms with Crippen molar-refractivity contribution in [3.63, 3.8) is 0 Å². The molecule has 2 aromatic carbocycles. The van der Waals surface area contributed by atoms with Gasteiger partial charge in [-0.15, -0.1) is 0 Å². The molecule has 0 bridgehead atoms. The fourth-order valence-corrected chi connectivity index (χ4v) is 2.69. The number of carboxylic acid groups (broad SMARTS) is 2. The number of aromatic nitrogens is 1. The Balaban J connectivity index is 2.11. The van der Waals surface area contributed by atoms with Crippen molar-refractivity contribution < 1.29 is 19.8 Å². The highest BCUT2D eigenvalue weighted by atomic mass is 16.4. The molecule has 6 heteroatoms. The van der Waals surface area contributed by atoms with Gasteiger partial charge in [0.15, 0.2) is 0 Å². The van der Waals surface area contributed by atoms with Crippen LogP contribution in [0.3, 0.4) is 0 Å². The van der Waals surface area contributed by atoms with E-state index in [1.165, 1.54) is 0 Å². The summed E-state index contributed by atoms with van der Waals surface area (Å²) < 4.78 is 0. The molecule has 6 nitrogen and oxygen atoms in total. The molecule has 24 heavy (non-hydrogen) atoms. The minimum Gasteiger partial charge on any atom is -0.481 e. The lowest BCUT2D eigenvalue weighted by Gasteiger charge is -2.18. The molecule has 1 unspecified atom stereocenters. The zero-order valence-electron chi connectivity index (χ0n) is 12.8. The third kappa shape index (κ3) is 3.12. The lowest BCUT2D eigenvalue weighted by atomic mass is 10.1. The second-order valence-electron chi connectivity index (χ2n) is 5.49. The molecule has 0 spiro atoms. The van der Waals surface area contributed by atoms with E-state index in [4.69, 9.17) is 5.11 Å². The largest absolute Gasteiger partial charge is 0.481 e. The minimum atomic E-state index is -1.08. The number of nitrogens with one attached hydrogen (secondary N) is 1. The predicted octanol–water partition coefficient (Wildman–Crippen LogP) is 3.12. The SMILES string of the molecule is O=C(O)CCC(Nc1c2ccccc2nc2ccccc12)C(=O)O. The van der Waals surface area contributed by atoms with Gasteiger partial charge in [-0.25, -0.2) is 9.78 Å². The van der Waals surface area contributed by atoms with E-state index in [0.717, 1.165) is 21.8 Å². The number of hydrogen-bond donors (Lipinski definition) is 3. The smallest absolute Gasteiger partial charge is 0.326 e. The van der Waals surface area contributed by atoms with E-state index in [-0.39, 0.29) is 12.8 Å². The normalized spacial score (nSPS) is 12.2. The van der Waals surface area contributed by atoms with Crippen LogP contribution in [0, 0.1) is 0 Å². The van der Waals surface area contributed by atoms with Gasteiger partial charge in [0.2, 0.25) is 0 Å². The summed E-state index contributed by atoms with van der Waals surface area (Å²) in [5.41, 5.74) is 2.16. The van der Waals surface area contributed by atoms with Crippen molar-refractivity contribution in [2.45, 2.75) is 18.9 Å². The zero-order valence-corrected chi connectivity index (χ0v) is 12.8. The van der Waals surface area contributed by atoms with Crippen molar-refractivity contribution in [1.29, 1.82) is 0 Å². The van der Waals surface area contributed by atoms with Crippen LogP contribution in [-0.2, 0) is 9.59 Å². The Morgan fingerprint density at radius 2 is 1.50 bits per heavy atom. The number of anilines is 1. The highest BCUT2D eigenvalue weighted by molar-refractivity contribution is 6.08. The molecular weight excluding hydrogens is 308 g/mol. The average Bonchev–Trinajstić information content (AvgIpc) is 2.57. The molecule has 1 atom stereocenters. The quantitative estimate of drug-likeness (QED) is 0.602. The average molecular weight is 324 g/mol. The van der Waals surface area contributed by atoms with Crippen molar-refractivity contribution in [3.05, 3.63) is 48.5 Å². The molecule has 0 aliphatic rings. The first-order valence-corrected chi connectivity index (χ1v) is 7.55. The number of nitrogens with zero attached hydrogens (tertiary/aromatic N) is 1. The van der Waals surface area contributed by atoms with Gasteiger partial charge < -0.3 is 15.5 Å². The maximum Gasteiger partial charge on any atom is 0.326 e. The van der Waals surface area contributed by atoms with E-state index < -0.39 is 18.0 Å². The Hall–Kier alpha value is -3.15. The zero-order chi connectivity index (χ0) is 17.1. The van der Waals surface area contributed by atoms with Gasteiger partial charge in [0.25, 0.3) is 0 Å². The van der Waals surface area contributed by atoms with Crippen LogP contribution in [0.2, 0.25) is 0 Å². The highest BCUT2D eigenvalue weighted by Gasteiger charge is 2.20. The molecule has 0 radical (unpaired) electrons. The Kier molecular flexibility index (Phi) is 4.29. The summed E-state index contributed by atoms with van der Waals surface area (Å²) in [5, 5.41) is 22.9. The van der Waals surface area contributed by atoms with Crippen molar-refractivity contribution in [2.24, 2.45) is 0 Å². The van der Waals surface area contributed by atoms with Gasteiger partial charge in [0.1, 0.15) is 6.04 Å². The molecule has 3 aromatic rings. The summed E-state index contributed by atoms with van der Waals surface area (Å²) in [6.07, 6.45) is -0.222. The summed E-state index contributed by atoms with van der Waals surface area (Å²) >= 11 is 0. The second-order valence-corrected chi connectivity index (χ2v) is 5.49. The Labute approximate surface area is 137 Å². The second kappa shape index (κ2) is 6.54. The number of para-hydroxylation sites is 2. The lowest BCUT2D eigenvalue weighted by molar-refractivity contribution is -0.139. The van der Waals surface area contributed by atoms with Crippen molar-refractivity contribution in [3.8, 4) is 0 Å². The summed E-state index contributed by atoms with van der Waals surface area (Å²) in [5.74, 6) is -2.10. The monoisotopic (exact) mass is 324 g/mol. The number of carbonyl (C=O) groups is 2. The van der Waals surface area contributed by atoms with Gasteiger partial charge in [0, 0.05) is 17.2 Å². The number of pyridine rings is 1. The predicted molar refractivity (Wildman–Crippen MR) is 91.2 cm³/mol. The number of fused-ring (bicyclic) bond motifs is 2. The number of hydrogen-bond acceptors (Lipinski definition) is 4. The van der Waals surface area contributed by atoms with Gasteiger partial charge in [-0.3, -0.25) is 4.79 Å². The molecule has 0 saturated heterocycles. The van der Waals surface area contributed by atoms with E-state index in [2.05, 4.69) is 10.3 Å².